The van der Waals surface area contributed by atoms with Gasteiger partial charge in [0.05, 0.1) is 36.6 Å². The van der Waals surface area contributed by atoms with E-state index >= 15 is 0 Å². The molecule has 5 aliphatic rings. The highest BCUT2D eigenvalue weighted by atomic mass is 16.7. The smallest absolute Gasteiger partial charge is 0.186 e. The van der Waals surface area contributed by atoms with Crippen LogP contribution in [-0.4, -0.2) is 97.0 Å². The van der Waals surface area contributed by atoms with Gasteiger partial charge in [-0.25, -0.2) is 0 Å². The van der Waals surface area contributed by atoms with E-state index in [0.29, 0.717) is 25.7 Å². The summed E-state index contributed by atoms with van der Waals surface area (Å²) in [5, 5.41) is 75.7. The molecule has 0 radical (unpaired) electrons. The van der Waals surface area contributed by atoms with Crippen LogP contribution in [0.25, 0.3) is 0 Å². The fourth-order valence-electron chi connectivity index (χ4n) is 10.7. The summed E-state index contributed by atoms with van der Waals surface area (Å²) in [4.78, 5) is 0. The normalized spacial score (nSPS) is 53.0. The van der Waals surface area contributed by atoms with Crippen molar-refractivity contribution in [3.8, 4) is 0 Å². The number of rotatable bonds is 8. The standard InChI is InChI=1S/C32H56O9/c1-16(2)23(40-29-27(38)26(37)24(15-33)41-29)7-6-17(3)19-13-21(35)28-31(19,5)11-9-25-30(4)10-8-18(34)12-20(30)22(36)14-32(25,28)39/h16-29,33-39H,6-15H2,1-5H3/t17-,18+,19-,20-,21-,22+,23+,24+,25-,26+,27-,28-,29-,30+,31-,32+/m1/s1. The van der Waals surface area contributed by atoms with Gasteiger partial charge in [0.2, 0.25) is 0 Å². The molecule has 0 amide bonds. The third-order valence-electron chi connectivity index (χ3n) is 12.9. The van der Waals surface area contributed by atoms with Crippen molar-refractivity contribution >= 4 is 0 Å². The van der Waals surface area contributed by atoms with E-state index in [4.69, 9.17) is 9.47 Å². The van der Waals surface area contributed by atoms with E-state index in [9.17, 15) is 35.7 Å². The lowest BCUT2D eigenvalue weighted by Gasteiger charge is -2.66. The molecule has 4 saturated carbocycles. The van der Waals surface area contributed by atoms with E-state index in [1.165, 1.54) is 0 Å². The largest absolute Gasteiger partial charge is 0.394 e. The monoisotopic (exact) mass is 584 g/mol. The third-order valence-corrected chi connectivity index (χ3v) is 12.9. The highest BCUT2D eigenvalue weighted by molar-refractivity contribution is 5.20. The van der Waals surface area contributed by atoms with Crippen LogP contribution < -0.4 is 0 Å². The average molecular weight is 585 g/mol. The van der Waals surface area contributed by atoms with Crippen molar-refractivity contribution in [2.45, 2.75) is 147 Å². The van der Waals surface area contributed by atoms with Crippen LogP contribution in [0.3, 0.4) is 0 Å². The summed E-state index contributed by atoms with van der Waals surface area (Å²) in [6.45, 7) is 10.4. The SMILES string of the molecule is CC(C)[C@H](CC[C@@H](C)[C@H]1C[C@@H](O)[C@@H]2[C@]1(C)CC[C@@H]1[C@@]3(C)CC[C@H](O)C[C@@H]3[C@@H](O)C[C@]12O)O[C@@H]1O[C@@H](CO)[C@H](O)[C@H]1O. The van der Waals surface area contributed by atoms with Crippen LogP contribution in [0.1, 0.15) is 92.4 Å². The van der Waals surface area contributed by atoms with Crippen molar-refractivity contribution in [2.75, 3.05) is 6.61 Å². The van der Waals surface area contributed by atoms with E-state index in [1.807, 2.05) is 0 Å². The van der Waals surface area contributed by atoms with Crippen LogP contribution >= 0.6 is 0 Å². The Morgan fingerprint density at radius 3 is 2.20 bits per heavy atom. The highest BCUT2D eigenvalue weighted by Gasteiger charge is 2.70. The predicted octanol–water partition coefficient (Wildman–Crippen LogP) is 1.96. The van der Waals surface area contributed by atoms with Crippen LogP contribution in [-0.2, 0) is 9.47 Å². The summed E-state index contributed by atoms with van der Waals surface area (Å²) in [5.41, 5.74) is -1.66. The van der Waals surface area contributed by atoms with E-state index < -0.39 is 55.1 Å². The Bertz CT molecular complexity index is 918. The van der Waals surface area contributed by atoms with Crippen molar-refractivity contribution in [2.24, 2.45) is 46.3 Å². The number of ether oxygens (including phenoxy) is 2. The minimum absolute atomic E-state index is 0.00709. The first kappa shape index (κ1) is 32.0. The van der Waals surface area contributed by atoms with Crippen molar-refractivity contribution in [3.05, 3.63) is 0 Å². The second-order valence-corrected chi connectivity index (χ2v) is 15.5. The molecule has 5 fully saturated rings. The maximum atomic E-state index is 12.5. The van der Waals surface area contributed by atoms with Gasteiger partial charge in [-0.15, -0.1) is 0 Å². The first-order valence-electron chi connectivity index (χ1n) is 16.2. The summed E-state index contributed by atoms with van der Waals surface area (Å²) in [7, 11) is 0. The lowest BCUT2D eigenvalue weighted by molar-refractivity contribution is -0.263. The summed E-state index contributed by atoms with van der Waals surface area (Å²) in [6.07, 6.45) is 0.0535. The molecule has 0 spiro atoms. The number of hydrogen-bond acceptors (Lipinski definition) is 9. The fraction of sp³-hybridized carbons (Fsp3) is 1.00. The highest BCUT2D eigenvalue weighted by Crippen LogP contribution is 2.69. The molecule has 16 atom stereocenters. The Balaban J connectivity index is 1.29. The van der Waals surface area contributed by atoms with Crippen LogP contribution in [0.4, 0.5) is 0 Å². The predicted molar refractivity (Wildman–Crippen MR) is 151 cm³/mol. The Morgan fingerprint density at radius 2 is 1.56 bits per heavy atom. The molecular weight excluding hydrogens is 528 g/mol. The van der Waals surface area contributed by atoms with Gasteiger partial charge >= 0.3 is 0 Å². The molecule has 0 aromatic rings. The van der Waals surface area contributed by atoms with Gasteiger partial charge in [-0.3, -0.25) is 0 Å². The molecule has 0 unspecified atom stereocenters. The van der Waals surface area contributed by atoms with Gasteiger partial charge in [0.1, 0.15) is 18.3 Å². The molecule has 0 aromatic carbocycles. The molecule has 5 rings (SSSR count). The van der Waals surface area contributed by atoms with Gasteiger partial charge in [0, 0.05) is 12.3 Å². The van der Waals surface area contributed by atoms with Gasteiger partial charge in [0.15, 0.2) is 6.29 Å². The summed E-state index contributed by atoms with van der Waals surface area (Å²) >= 11 is 0. The molecule has 238 valence electrons. The van der Waals surface area contributed by atoms with Crippen molar-refractivity contribution in [1.82, 2.24) is 0 Å². The van der Waals surface area contributed by atoms with E-state index in [1.54, 1.807) is 0 Å². The van der Waals surface area contributed by atoms with Crippen molar-refractivity contribution in [1.29, 1.82) is 0 Å². The number of fused-ring (bicyclic) bond motifs is 5. The van der Waals surface area contributed by atoms with Gasteiger partial charge in [-0.1, -0.05) is 34.6 Å². The van der Waals surface area contributed by atoms with Gasteiger partial charge < -0.3 is 45.2 Å². The third kappa shape index (κ3) is 5.23. The topological polar surface area (TPSA) is 160 Å². The second-order valence-electron chi connectivity index (χ2n) is 15.5. The molecule has 7 N–H and O–H groups in total. The molecule has 9 heteroatoms. The van der Waals surface area contributed by atoms with E-state index in [2.05, 4.69) is 34.6 Å². The number of aliphatic hydroxyl groups is 7. The molecule has 1 heterocycles. The molecular formula is C32H56O9. The maximum Gasteiger partial charge on any atom is 0.186 e. The zero-order chi connectivity index (χ0) is 30.1. The Morgan fingerprint density at radius 1 is 0.878 bits per heavy atom. The van der Waals surface area contributed by atoms with E-state index in [0.717, 1.165) is 25.7 Å². The molecule has 9 nitrogen and oxygen atoms in total. The van der Waals surface area contributed by atoms with Crippen LogP contribution in [0.2, 0.25) is 0 Å². The van der Waals surface area contributed by atoms with Crippen molar-refractivity contribution < 1.29 is 45.2 Å². The molecule has 0 aromatic heterocycles. The first-order chi connectivity index (χ1) is 19.2. The molecule has 1 aliphatic heterocycles. The quantitative estimate of drug-likeness (QED) is 0.226. The second kappa shape index (κ2) is 11.5. The minimum Gasteiger partial charge on any atom is -0.394 e. The number of hydrogen-bond donors (Lipinski definition) is 7. The molecule has 41 heavy (non-hydrogen) atoms. The minimum atomic E-state index is -1.22. The Hall–Kier alpha value is -0.360. The summed E-state index contributed by atoms with van der Waals surface area (Å²) < 4.78 is 11.7. The van der Waals surface area contributed by atoms with Crippen LogP contribution in [0.15, 0.2) is 0 Å². The molecule has 4 aliphatic carbocycles. The zero-order valence-electron chi connectivity index (χ0n) is 25.6. The number of aliphatic hydroxyl groups excluding tert-OH is 6. The van der Waals surface area contributed by atoms with Gasteiger partial charge in [0.25, 0.3) is 0 Å². The average Bonchev–Trinajstić information content (AvgIpc) is 3.34. The van der Waals surface area contributed by atoms with Crippen molar-refractivity contribution in [3.63, 3.8) is 0 Å². The van der Waals surface area contributed by atoms with Gasteiger partial charge in [-0.2, -0.15) is 0 Å². The lowest BCUT2D eigenvalue weighted by Crippen LogP contribution is -2.68. The maximum absolute atomic E-state index is 12.5. The summed E-state index contributed by atoms with van der Waals surface area (Å²) in [5.74, 6) is 0.243. The summed E-state index contributed by atoms with van der Waals surface area (Å²) in [6, 6.07) is 0. The molecule has 1 saturated heterocycles. The van der Waals surface area contributed by atoms with E-state index in [-0.39, 0.29) is 58.9 Å². The molecule has 0 bridgehead atoms. The fourth-order valence-corrected chi connectivity index (χ4v) is 10.7. The Labute approximate surface area is 245 Å². The van der Waals surface area contributed by atoms with Gasteiger partial charge in [-0.05, 0) is 91.8 Å². The first-order valence-corrected chi connectivity index (χ1v) is 16.2. The van der Waals surface area contributed by atoms with Crippen LogP contribution in [0, 0.1) is 46.3 Å². The Kier molecular flexibility index (Phi) is 9.01. The lowest BCUT2D eigenvalue weighted by atomic mass is 9.42. The zero-order valence-corrected chi connectivity index (χ0v) is 25.6. The van der Waals surface area contributed by atoms with Crippen LogP contribution in [0.5, 0.6) is 0 Å².